The van der Waals surface area contributed by atoms with E-state index in [4.69, 9.17) is 13.6 Å². The van der Waals surface area contributed by atoms with Crippen LogP contribution in [0.5, 0.6) is 0 Å². The molecule has 0 aromatic carbocycles. The number of carbonyl (C=O) groups excluding carboxylic acids is 1. The molecule has 2 saturated heterocycles. The third-order valence-corrected chi connectivity index (χ3v) is 8.92. The number of hydrogen-bond donors (Lipinski definition) is 0. The number of Topliss-reactive ketones (excluding diaryl/α,β-unsaturated/α-hetero) is 1. The van der Waals surface area contributed by atoms with Crippen molar-refractivity contribution in [1.29, 1.82) is 0 Å². The van der Waals surface area contributed by atoms with Gasteiger partial charge >= 0.3 is 8.56 Å². The van der Waals surface area contributed by atoms with E-state index in [2.05, 4.69) is 41.5 Å². The Morgan fingerprint density at radius 1 is 1.11 bits per heavy atom. The molecule has 2 heterocycles. The lowest BCUT2D eigenvalue weighted by atomic mass is 10.2. The van der Waals surface area contributed by atoms with Crippen LogP contribution >= 0.6 is 0 Å². The number of carbonyl (C=O) groups is 1. The van der Waals surface area contributed by atoms with Gasteiger partial charge in [0.05, 0.1) is 6.61 Å². The fraction of sp³-hybridized carbons (Fsp3) is 0.923. The maximum absolute atomic E-state index is 11.9. The Hall–Kier alpha value is -0.233. The molecule has 2 rings (SSSR count). The Balaban J connectivity index is 2.36. The van der Waals surface area contributed by atoms with Crippen molar-refractivity contribution in [3.63, 3.8) is 0 Å². The van der Waals surface area contributed by atoms with Crippen molar-refractivity contribution in [2.24, 2.45) is 0 Å². The molecule has 0 aromatic heterocycles. The molecule has 2 fully saturated rings. The van der Waals surface area contributed by atoms with E-state index in [0.29, 0.717) is 6.61 Å². The van der Waals surface area contributed by atoms with Crippen molar-refractivity contribution >= 4 is 14.3 Å². The van der Waals surface area contributed by atoms with Gasteiger partial charge in [-0.3, -0.25) is 4.79 Å². The fourth-order valence-electron chi connectivity index (χ4n) is 3.17. The SMILES string of the molecule is CC(C)(C)[Si]1(C(C)(C)C)OC[C@H]2OCC(=O)[C@@H]2O1. The maximum atomic E-state index is 11.9. The van der Waals surface area contributed by atoms with E-state index in [0.717, 1.165) is 0 Å². The third-order valence-electron chi connectivity index (χ3n) is 3.81. The smallest absolute Gasteiger partial charge is 0.350 e. The Kier molecular flexibility index (Phi) is 3.25. The Morgan fingerprint density at radius 3 is 2.17 bits per heavy atom. The van der Waals surface area contributed by atoms with Crippen molar-refractivity contribution in [3.05, 3.63) is 0 Å². The highest BCUT2D eigenvalue weighted by Crippen LogP contribution is 2.54. The number of ketones is 1. The molecule has 2 aliphatic rings. The Bertz CT molecular complexity index is 339. The molecule has 0 bridgehead atoms. The lowest BCUT2D eigenvalue weighted by molar-refractivity contribution is -0.126. The second kappa shape index (κ2) is 4.13. The van der Waals surface area contributed by atoms with Crippen LogP contribution in [0, 0.1) is 0 Å². The van der Waals surface area contributed by atoms with E-state index in [-0.39, 0.29) is 28.6 Å². The molecule has 18 heavy (non-hydrogen) atoms. The van der Waals surface area contributed by atoms with Gasteiger partial charge in [0.1, 0.15) is 18.8 Å². The molecule has 0 radical (unpaired) electrons. The number of ether oxygens (including phenoxy) is 1. The highest BCUT2D eigenvalue weighted by molar-refractivity contribution is 6.73. The number of rotatable bonds is 0. The molecule has 0 aliphatic carbocycles. The summed E-state index contributed by atoms with van der Waals surface area (Å²) in [6, 6.07) is 0. The normalized spacial score (nSPS) is 32.4. The Morgan fingerprint density at radius 2 is 1.67 bits per heavy atom. The van der Waals surface area contributed by atoms with Crippen molar-refractivity contribution in [2.45, 2.75) is 63.8 Å². The largest absolute Gasteiger partial charge is 0.391 e. The summed E-state index contributed by atoms with van der Waals surface area (Å²) < 4.78 is 17.9. The van der Waals surface area contributed by atoms with Crippen LogP contribution in [0.25, 0.3) is 0 Å². The molecule has 0 spiro atoms. The summed E-state index contributed by atoms with van der Waals surface area (Å²) in [4.78, 5) is 11.9. The molecule has 104 valence electrons. The van der Waals surface area contributed by atoms with E-state index in [9.17, 15) is 4.79 Å². The second-order valence-corrected chi connectivity index (χ2v) is 12.0. The van der Waals surface area contributed by atoms with Crippen LogP contribution < -0.4 is 0 Å². The summed E-state index contributed by atoms with van der Waals surface area (Å²) in [6.07, 6.45) is -0.619. The average Bonchev–Trinajstić information content (AvgIpc) is 2.56. The van der Waals surface area contributed by atoms with E-state index in [1.807, 2.05) is 0 Å². The van der Waals surface area contributed by atoms with Gasteiger partial charge in [-0.2, -0.15) is 0 Å². The second-order valence-electron chi connectivity index (χ2n) is 7.28. The van der Waals surface area contributed by atoms with Gasteiger partial charge in [0.2, 0.25) is 0 Å². The van der Waals surface area contributed by atoms with Gasteiger partial charge in [0.15, 0.2) is 5.78 Å². The summed E-state index contributed by atoms with van der Waals surface area (Å²) in [5, 5.41) is -0.168. The maximum Gasteiger partial charge on any atom is 0.350 e. The number of fused-ring (bicyclic) bond motifs is 1. The molecule has 4 nitrogen and oxygen atoms in total. The molecular formula is C13H24O4Si. The fourth-order valence-corrected chi connectivity index (χ4v) is 8.10. The first-order valence-corrected chi connectivity index (χ1v) is 8.36. The highest BCUT2D eigenvalue weighted by Gasteiger charge is 2.63. The van der Waals surface area contributed by atoms with Crippen LogP contribution in [0.4, 0.5) is 0 Å². The van der Waals surface area contributed by atoms with Gasteiger partial charge in [-0.05, 0) is 0 Å². The van der Waals surface area contributed by atoms with Crippen LogP contribution in [0.3, 0.4) is 0 Å². The van der Waals surface area contributed by atoms with E-state index < -0.39 is 14.7 Å². The minimum Gasteiger partial charge on any atom is -0.391 e. The zero-order chi connectivity index (χ0) is 13.8. The minimum absolute atomic E-state index is 0.0636. The van der Waals surface area contributed by atoms with Gasteiger partial charge in [0.25, 0.3) is 0 Å². The molecule has 0 amide bonds. The minimum atomic E-state index is -2.51. The predicted molar refractivity (Wildman–Crippen MR) is 70.8 cm³/mol. The monoisotopic (exact) mass is 272 g/mol. The summed E-state index contributed by atoms with van der Waals surface area (Å²) >= 11 is 0. The van der Waals surface area contributed by atoms with Gasteiger partial charge in [-0.1, -0.05) is 41.5 Å². The van der Waals surface area contributed by atoms with Crippen LogP contribution in [0.2, 0.25) is 10.1 Å². The Labute approximate surface area is 110 Å². The highest BCUT2D eigenvalue weighted by atomic mass is 28.4. The van der Waals surface area contributed by atoms with Gasteiger partial charge in [-0.15, -0.1) is 0 Å². The van der Waals surface area contributed by atoms with E-state index in [1.165, 1.54) is 0 Å². The van der Waals surface area contributed by atoms with Crippen LogP contribution in [-0.2, 0) is 18.4 Å². The predicted octanol–water partition coefficient (Wildman–Crippen LogP) is 2.41. The quantitative estimate of drug-likeness (QED) is 0.635. The lowest BCUT2D eigenvalue weighted by Crippen LogP contribution is -2.64. The average molecular weight is 272 g/mol. The van der Waals surface area contributed by atoms with Crippen LogP contribution in [0.15, 0.2) is 0 Å². The number of hydrogen-bond acceptors (Lipinski definition) is 4. The van der Waals surface area contributed by atoms with Crippen LogP contribution in [-0.4, -0.2) is 39.8 Å². The summed E-state index contributed by atoms with van der Waals surface area (Å²) in [7, 11) is -2.51. The van der Waals surface area contributed by atoms with Crippen molar-refractivity contribution < 1.29 is 18.4 Å². The molecule has 2 aliphatic heterocycles. The molecule has 5 heteroatoms. The first-order valence-electron chi connectivity index (χ1n) is 6.54. The standard InChI is InChI=1S/C13H24O4Si/c1-12(2,3)18(13(4,5)6)16-8-10-11(17-18)9(14)7-15-10/h10-11H,7-8H2,1-6H3/t10-,11+/m1/s1. The zero-order valence-electron chi connectivity index (χ0n) is 12.2. The van der Waals surface area contributed by atoms with Crippen molar-refractivity contribution in [3.8, 4) is 0 Å². The van der Waals surface area contributed by atoms with Gasteiger partial charge < -0.3 is 13.6 Å². The van der Waals surface area contributed by atoms with Crippen molar-refractivity contribution in [2.75, 3.05) is 13.2 Å². The molecular weight excluding hydrogens is 248 g/mol. The molecule has 0 aromatic rings. The molecule has 0 unspecified atom stereocenters. The van der Waals surface area contributed by atoms with Gasteiger partial charge in [-0.25, -0.2) is 0 Å². The lowest BCUT2D eigenvalue weighted by Gasteiger charge is -2.53. The summed E-state index contributed by atoms with van der Waals surface area (Å²) in [5.74, 6) is 0.0636. The molecule has 2 atom stereocenters. The van der Waals surface area contributed by atoms with E-state index in [1.54, 1.807) is 0 Å². The molecule has 0 saturated carbocycles. The van der Waals surface area contributed by atoms with Crippen LogP contribution in [0.1, 0.15) is 41.5 Å². The summed E-state index contributed by atoms with van der Waals surface area (Å²) in [6.45, 7) is 13.5. The van der Waals surface area contributed by atoms with Gasteiger partial charge in [0, 0.05) is 10.1 Å². The first kappa shape index (κ1) is 14.2. The van der Waals surface area contributed by atoms with E-state index >= 15 is 0 Å². The first-order chi connectivity index (χ1) is 8.08. The summed E-state index contributed by atoms with van der Waals surface area (Å²) in [5.41, 5.74) is 0. The van der Waals surface area contributed by atoms with Crippen molar-refractivity contribution in [1.82, 2.24) is 0 Å². The third kappa shape index (κ3) is 1.97. The zero-order valence-corrected chi connectivity index (χ0v) is 13.2. The topological polar surface area (TPSA) is 44.8 Å². The molecule has 0 N–H and O–H groups in total.